The van der Waals surface area contributed by atoms with Crippen molar-refractivity contribution in [2.75, 3.05) is 0 Å². The Hall–Kier alpha value is -2.88. The summed E-state index contributed by atoms with van der Waals surface area (Å²) >= 11 is 0. The molecule has 0 radical (unpaired) electrons. The molecule has 4 heteroatoms. The zero-order valence-corrected chi connectivity index (χ0v) is 12.3. The second-order valence-electron chi connectivity index (χ2n) is 5.45. The number of benzene rings is 2. The van der Waals surface area contributed by atoms with Crippen LogP contribution in [0.2, 0.25) is 0 Å². The highest BCUT2D eigenvalue weighted by Gasteiger charge is 2.06. The first-order valence-electron chi connectivity index (χ1n) is 7.31. The van der Waals surface area contributed by atoms with Crippen molar-refractivity contribution in [1.29, 1.82) is 0 Å². The average molecular weight is 288 g/mol. The van der Waals surface area contributed by atoms with Gasteiger partial charge in [0.05, 0.1) is 17.4 Å². The predicted octanol–water partition coefficient (Wildman–Crippen LogP) is 3.65. The van der Waals surface area contributed by atoms with Gasteiger partial charge in [-0.1, -0.05) is 24.3 Å². The number of hydrogen-bond donors (Lipinski definition) is 1. The lowest BCUT2D eigenvalue weighted by Crippen LogP contribution is -1.98. The predicted molar refractivity (Wildman–Crippen MR) is 87.2 cm³/mol. The molecule has 0 aliphatic heterocycles. The molecular formula is C18H16N4. The Morgan fingerprint density at radius 2 is 2.05 bits per heavy atom. The molecular weight excluding hydrogens is 272 g/mol. The lowest BCUT2D eigenvalue weighted by atomic mass is 10.0. The van der Waals surface area contributed by atoms with Crippen LogP contribution in [-0.2, 0) is 6.42 Å². The number of fused-ring (bicyclic) bond motifs is 1. The van der Waals surface area contributed by atoms with E-state index in [0.29, 0.717) is 0 Å². The van der Waals surface area contributed by atoms with Crippen LogP contribution in [0.5, 0.6) is 0 Å². The van der Waals surface area contributed by atoms with E-state index in [2.05, 4.69) is 57.4 Å². The lowest BCUT2D eigenvalue weighted by molar-refractivity contribution is 1.02. The molecule has 0 saturated heterocycles. The maximum Gasteiger partial charge on any atom is 0.104 e. The van der Waals surface area contributed by atoms with Gasteiger partial charge in [0.15, 0.2) is 0 Å². The number of hydrogen-bond acceptors (Lipinski definition) is 2. The van der Waals surface area contributed by atoms with E-state index >= 15 is 0 Å². The lowest BCUT2D eigenvalue weighted by Gasteiger charge is -2.10. The average Bonchev–Trinajstić information content (AvgIpc) is 3.16. The van der Waals surface area contributed by atoms with E-state index in [1.165, 1.54) is 16.8 Å². The number of imidazole rings is 2. The monoisotopic (exact) mass is 288 g/mol. The first kappa shape index (κ1) is 12.8. The van der Waals surface area contributed by atoms with E-state index in [1.807, 2.05) is 24.0 Å². The molecule has 0 bridgehead atoms. The highest BCUT2D eigenvalue weighted by atomic mass is 15.0. The fraction of sp³-hybridized carbons (Fsp3) is 0.111. The van der Waals surface area contributed by atoms with Crippen LogP contribution in [0.4, 0.5) is 0 Å². The van der Waals surface area contributed by atoms with Gasteiger partial charge < -0.3 is 9.55 Å². The summed E-state index contributed by atoms with van der Waals surface area (Å²) in [5, 5.41) is 0. The summed E-state index contributed by atoms with van der Waals surface area (Å²) in [4.78, 5) is 11.9. The van der Waals surface area contributed by atoms with Crippen LogP contribution in [0.1, 0.15) is 17.0 Å². The van der Waals surface area contributed by atoms with Crippen molar-refractivity contribution in [3.63, 3.8) is 0 Å². The number of H-pyrrole nitrogens is 1. The third kappa shape index (κ3) is 2.29. The van der Waals surface area contributed by atoms with Crippen LogP contribution in [0, 0.1) is 6.92 Å². The summed E-state index contributed by atoms with van der Waals surface area (Å²) in [6.45, 7) is 1.98. The molecule has 4 aromatic rings. The summed E-state index contributed by atoms with van der Waals surface area (Å²) in [6.07, 6.45) is 6.49. The van der Waals surface area contributed by atoms with Crippen molar-refractivity contribution in [1.82, 2.24) is 19.5 Å². The molecule has 0 amide bonds. The molecule has 0 atom stereocenters. The number of aromatic amines is 1. The van der Waals surface area contributed by atoms with Gasteiger partial charge in [0.25, 0.3) is 0 Å². The number of nitrogens with one attached hydrogen (secondary N) is 1. The fourth-order valence-electron chi connectivity index (χ4n) is 2.83. The third-order valence-electron chi connectivity index (χ3n) is 3.83. The van der Waals surface area contributed by atoms with Gasteiger partial charge >= 0.3 is 0 Å². The van der Waals surface area contributed by atoms with E-state index in [-0.39, 0.29) is 0 Å². The van der Waals surface area contributed by atoms with Gasteiger partial charge in [0, 0.05) is 18.1 Å². The SMILES string of the molecule is Cc1nc2ccc(Cc3ccccc3-n3ccnc3)cc2[nH]1. The molecule has 2 aromatic heterocycles. The Bertz CT molecular complexity index is 919. The maximum atomic E-state index is 4.45. The van der Waals surface area contributed by atoms with Crippen LogP contribution < -0.4 is 0 Å². The Kier molecular flexibility index (Phi) is 3.00. The van der Waals surface area contributed by atoms with Gasteiger partial charge in [-0.25, -0.2) is 9.97 Å². The topological polar surface area (TPSA) is 46.5 Å². The number of para-hydroxylation sites is 1. The van der Waals surface area contributed by atoms with Gasteiger partial charge in [-0.2, -0.15) is 0 Å². The summed E-state index contributed by atoms with van der Waals surface area (Å²) < 4.78 is 2.05. The second kappa shape index (κ2) is 5.15. The zero-order valence-electron chi connectivity index (χ0n) is 12.3. The zero-order chi connectivity index (χ0) is 14.9. The van der Waals surface area contributed by atoms with Crippen molar-refractivity contribution in [2.45, 2.75) is 13.3 Å². The van der Waals surface area contributed by atoms with E-state index in [1.54, 1.807) is 6.20 Å². The second-order valence-corrected chi connectivity index (χ2v) is 5.45. The normalized spacial score (nSPS) is 11.1. The van der Waals surface area contributed by atoms with Crippen molar-refractivity contribution in [2.24, 2.45) is 0 Å². The molecule has 4 nitrogen and oxygen atoms in total. The number of aromatic nitrogens is 4. The largest absolute Gasteiger partial charge is 0.342 e. The van der Waals surface area contributed by atoms with Crippen LogP contribution in [-0.4, -0.2) is 19.5 Å². The molecule has 1 N–H and O–H groups in total. The number of nitrogens with zero attached hydrogens (tertiary/aromatic N) is 3. The summed E-state index contributed by atoms with van der Waals surface area (Å²) in [7, 11) is 0. The molecule has 0 unspecified atom stereocenters. The quantitative estimate of drug-likeness (QED) is 0.625. The third-order valence-corrected chi connectivity index (χ3v) is 3.83. The van der Waals surface area contributed by atoms with Gasteiger partial charge in [0.1, 0.15) is 5.82 Å². The van der Waals surface area contributed by atoms with E-state index < -0.39 is 0 Å². The Balaban J connectivity index is 1.73. The Labute approximate surface area is 128 Å². The molecule has 2 heterocycles. The van der Waals surface area contributed by atoms with Crippen molar-refractivity contribution >= 4 is 11.0 Å². The van der Waals surface area contributed by atoms with Gasteiger partial charge in [-0.3, -0.25) is 0 Å². The van der Waals surface area contributed by atoms with E-state index in [4.69, 9.17) is 0 Å². The Morgan fingerprint density at radius 3 is 2.91 bits per heavy atom. The minimum atomic E-state index is 0.877. The molecule has 0 saturated carbocycles. The molecule has 0 spiro atoms. The molecule has 108 valence electrons. The van der Waals surface area contributed by atoms with Crippen molar-refractivity contribution in [3.8, 4) is 5.69 Å². The van der Waals surface area contributed by atoms with Crippen molar-refractivity contribution < 1.29 is 0 Å². The van der Waals surface area contributed by atoms with Crippen molar-refractivity contribution in [3.05, 3.63) is 78.1 Å². The van der Waals surface area contributed by atoms with E-state index in [0.717, 1.165) is 23.3 Å². The molecule has 0 aliphatic carbocycles. The smallest absolute Gasteiger partial charge is 0.104 e. The minimum absolute atomic E-state index is 0.877. The first-order chi connectivity index (χ1) is 10.8. The van der Waals surface area contributed by atoms with Gasteiger partial charge in [-0.05, 0) is 42.7 Å². The molecule has 2 aromatic carbocycles. The summed E-state index contributed by atoms with van der Waals surface area (Å²) in [5.74, 6) is 0.950. The summed E-state index contributed by atoms with van der Waals surface area (Å²) in [6, 6.07) is 14.8. The Morgan fingerprint density at radius 1 is 1.14 bits per heavy atom. The molecule has 22 heavy (non-hydrogen) atoms. The first-order valence-corrected chi connectivity index (χ1v) is 7.31. The van der Waals surface area contributed by atoms with Crippen LogP contribution in [0.15, 0.2) is 61.2 Å². The number of aryl methyl sites for hydroxylation is 1. The van der Waals surface area contributed by atoms with Gasteiger partial charge in [-0.15, -0.1) is 0 Å². The molecule has 0 fully saturated rings. The summed E-state index contributed by atoms with van der Waals surface area (Å²) in [5.41, 5.74) is 5.82. The van der Waals surface area contributed by atoms with E-state index in [9.17, 15) is 0 Å². The highest BCUT2D eigenvalue weighted by Crippen LogP contribution is 2.20. The molecule has 4 rings (SSSR count). The minimum Gasteiger partial charge on any atom is -0.342 e. The van der Waals surface area contributed by atoms with Crippen LogP contribution in [0.3, 0.4) is 0 Å². The molecule has 0 aliphatic rings. The highest BCUT2D eigenvalue weighted by molar-refractivity contribution is 5.76. The van der Waals surface area contributed by atoms with Crippen LogP contribution in [0.25, 0.3) is 16.7 Å². The maximum absolute atomic E-state index is 4.45. The van der Waals surface area contributed by atoms with Crippen LogP contribution >= 0.6 is 0 Å². The standard InChI is InChI=1S/C18H16N4/c1-13-20-16-7-6-14(11-17(16)21-13)10-15-4-2-3-5-18(15)22-9-8-19-12-22/h2-9,11-12H,10H2,1H3,(H,20,21). The fourth-order valence-corrected chi connectivity index (χ4v) is 2.83. The van der Waals surface area contributed by atoms with Gasteiger partial charge in [0.2, 0.25) is 0 Å². The number of rotatable bonds is 3.